The largest absolute Gasteiger partial charge is 0.342 e. The van der Waals surface area contributed by atoms with E-state index in [0.29, 0.717) is 32.4 Å². The van der Waals surface area contributed by atoms with E-state index < -0.39 is 11.6 Å². The number of pyridine rings is 1. The van der Waals surface area contributed by atoms with Crippen molar-refractivity contribution in [2.24, 2.45) is 0 Å². The number of hydrogen-bond acceptors (Lipinski definition) is 4. The number of carbonyl (C=O) groups is 3. The van der Waals surface area contributed by atoms with Gasteiger partial charge in [-0.2, -0.15) is 0 Å². The van der Waals surface area contributed by atoms with Crippen molar-refractivity contribution in [3.63, 3.8) is 0 Å². The lowest BCUT2D eigenvalue weighted by atomic mass is 9.87. The van der Waals surface area contributed by atoms with Crippen LogP contribution in [0.5, 0.6) is 0 Å². The molecule has 2 saturated heterocycles. The topological polar surface area (TPSA) is 91.4 Å². The van der Waals surface area contributed by atoms with Crippen LogP contribution in [0.1, 0.15) is 18.4 Å². The van der Waals surface area contributed by atoms with E-state index in [2.05, 4.69) is 15.6 Å². The van der Waals surface area contributed by atoms with Crippen molar-refractivity contribution >= 4 is 17.8 Å². The Bertz CT molecular complexity index is 579. The molecule has 0 aromatic carbocycles. The third-order valence-corrected chi connectivity index (χ3v) is 4.06. The number of likely N-dealkylation sites (tertiary alicyclic amines) is 1. The Kier molecular flexibility index (Phi) is 3.32. The first-order valence-corrected chi connectivity index (χ1v) is 6.89. The molecule has 2 aliphatic rings. The first kappa shape index (κ1) is 13.5. The molecule has 1 aromatic heterocycles. The van der Waals surface area contributed by atoms with Crippen LogP contribution < -0.4 is 10.6 Å². The Labute approximate surface area is 121 Å². The van der Waals surface area contributed by atoms with Crippen LogP contribution in [-0.4, -0.2) is 46.4 Å². The molecule has 21 heavy (non-hydrogen) atoms. The van der Waals surface area contributed by atoms with Crippen molar-refractivity contribution in [3.05, 3.63) is 30.1 Å². The van der Waals surface area contributed by atoms with E-state index in [1.165, 1.54) is 0 Å². The van der Waals surface area contributed by atoms with Crippen LogP contribution in [-0.2, 0) is 16.0 Å². The van der Waals surface area contributed by atoms with Gasteiger partial charge in [-0.25, -0.2) is 4.79 Å². The van der Waals surface area contributed by atoms with Gasteiger partial charge in [0, 0.05) is 25.5 Å². The second kappa shape index (κ2) is 5.16. The summed E-state index contributed by atoms with van der Waals surface area (Å²) in [5.74, 6) is -0.269. The number of nitrogens with one attached hydrogen (secondary N) is 2. The van der Waals surface area contributed by atoms with Crippen LogP contribution in [0.2, 0.25) is 0 Å². The van der Waals surface area contributed by atoms with Gasteiger partial charge in [0.2, 0.25) is 5.91 Å². The number of aromatic nitrogens is 1. The Morgan fingerprint density at radius 2 is 2.10 bits per heavy atom. The number of imide groups is 1. The fourth-order valence-corrected chi connectivity index (χ4v) is 2.81. The van der Waals surface area contributed by atoms with E-state index in [4.69, 9.17) is 0 Å². The minimum atomic E-state index is -0.831. The molecule has 110 valence electrons. The molecule has 7 nitrogen and oxygen atoms in total. The molecule has 3 rings (SSSR count). The lowest BCUT2D eigenvalue weighted by Crippen LogP contribution is -2.55. The highest BCUT2D eigenvalue weighted by atomic mass is 16.2. The van der Waals surface area contributed by atoms with E-state index >= 15 is 0 Å². The van der Waals surface area contributed by atoms with Crippen molar-refractivity contribution in [1.82, 2.24) is 20.5 Å². The summed E-state index contributed by atoms with van der Waals surface area (Å²) in [5, 5.41) is 4.94. The van der Waals surface area contributed by atoms with Gasteiger partial charge in [-0.3, -0.25) is 19.9 Å². The van der Waals surface area contributed by atoms with Gasteiger partial charge in [0.05, 0.1) is 6.42 Å². The number of carbonyl (C=O) groups excluding carboxylic acids is 3. The summed E-state index contributed by atoms with van der Waals surface area (Å²) in [4.78, 5) is 41.0. The minimum Gasteiger partial charge on any atom is -0.342 e. The molecule has 0 unspecified atom stereocenters. The van der Waals surface area contributed by atoms with Gasteiger partial charge in [0.1, 0.15) is 5.54 Å². The number of amides is 4. The minimum absolute atomic E-state index is 0.0163. The highest BCUT2D eigenvalue weighted by Gasteiger charge is 2.48. The van der Waals surface area contributed by atoms with Gasteiger partial charge in [0.25, 0.3) is 5.91 Å². The van der Waals surface area contributed by atoms with Crippen LogP contribution in [0.25, 0.3) is 0 Å². The highest BCUT2D eigenvalue weighted by molar-refractivity contribution is 6.07. The number of rotatable bonds is 2. The van der Waals surface area contributed by atoms with Crippen LogP contribution in [0.3, 0.4) is 0 Å². The molecule has 1 spiro atoms. The molecule has 0 aliphatic carbocycles. The van der Waals surface area contributed by atoms with Crippen LogP contribution in [0.15, 0.2) is 24.5 Å². The fourth-order valence-electron chi connectivity index (χ4n) is 2.81. The smallest absolute Gasteiger partial charge is 0.322 e. The first-order valence-electron chi connectivity index (χ1n) is 6.89. The van der Waals surface area contributed by atoms with E-state index in [0.717, 1.165) is 5.56 Å². The summed E-state index contributed by atoms with van der Waals surface area (Å²) >= 11 is 0. The molecule has 3 heterocycles. The first-order chi connectivity index (χ1) is 10.1. The predicted octanol–water partition coefficient (Wildman–Crippen LogP) is -0.175. The fraction of sp³-hybridized carbons (Fsp3) is 0.429. The number of piperidine rings is 1. The van der Waals surface area contributed by atoms with E-state index in [9.17, 15) is 14.4 Å². The van der Waals surface area contributed by atoms with Crippen LogP contribution in [0, 0.1) is 0 Å². The van der Waals surface area contributed by atoms with E-state index in [1.807, 2.05) is 6.07 Å². The van der Waals surface area contributed by atoms with E-state index in [1.54, 1.807) is 23.4 Å². The lowest BCUT2D eigenvalue weighted by Gasteiger charge is -2.37. The molecule has 2 N–H and O–H groups in total. The van der Waals surface area contributed by atoms with Crippen LogP contribution in [0.4, 0.5) is 4.79 Å². The molecule has 0 saturated carbocycles. The molecule has 0 bridgehead atoms. The molecule has 1 aromatic rings. The van der Waals surface area contributed by atoms with Gasteiger partial charge in [0.15, 0.2) is 0 Å². The summed E-state index contributed by atoms with van der Waals surface area (Å²) in [7, 11) is 0. The van der Waals surface area contributed by atoms with Gasteiger partial charge in [-0.15, -0.1) is 0 Å². The number of urea groups is 1. The van der Waals surface area contributed by atoms with Crippen molar-refractivity contribution < 1.29 is 14.4 Å². The Morgan fingerprint density at radius 3 is 2.67 bits per heavy atom. The Hall–Kier alpha value is -2.44. The number of hydrogen-bond donors (Lipinski definition) is 2. The zero-order valence-electron chi connectivity index (χ0n) is 11.5. The van der Waals surface area contributed by atoms with Crippen molar-refractivity contribution in [3.8, 4) is 0 Å². The molecular formula is C14H16N4O3. The molecule has 0 atom stereocenters. The molecule has 4 amide bonds. The van der Waals surface area contributed by atoms with Crippen molar-refractivity contribution in [2.45, 2.75) is 24.8 Å². The normalized spacial score (nSPS) is 20.3. The zero-order chi connectivity index (χ0) is 14.9. The lowest BCUT2D eigenvalue weighted by molar-refractivity contribution is -0.135. The quantitative estimate of drug-likeness (QED) is 0.739. The van der Waals surface area contributed by atoms with Gasteiger partial charge < -0.3 is 10.2 Å². The summed E-state index contributed by atoms with van der Waals surface area (Å²) < 4.78 is 0. The Balaban J connectivity index is 1.60. The van der Waals surface area contributed by atoms with Gasteiger partial charge in [-0.05, 0) is 24.5 Å². The maximum atomic E-state index is 12.2. The van der Waals surface area contributed by atoms with Gasteiger partial charge >= 0.3 is 6.03 Å². The maximum absolute atomic E-state index is 12.2. The summed E-state index contributed by atoms with van der Waals surface area (Å²) in [6, 6.07) is 3.21. The summed E-state index contributed by atoms with van der Waals surface area (Å²) in [5.41, 5.74) is 0.0389. The standard InChI is InChI=1S/C14H16N4O3/c19-11(8-10-2-1-5-15-9-10)18-6-3-14(4-7-18)12(20)16-13(21)17-14/h1-2,5,9H,3-4,6-8H2,(H2,16,17,20,21). The average molecular weight is 288 g/mol. The highest BCUT2D eigenvalue weighted by Crippen LogP contribution is 2.25. The van der Waals surface area contributed by atoms with Crippen molar-refractivity contribution in [2.75, 3.05) is 13.1 Å². The predicted molar refractivity (Wildman–Crippen MR) is 73.2 cm³/mol. The SMILES string of the molecule is O=C1NC(=O)C2(CCN(C(=O)Cc3cccnc3)CC2)N1. The Morgan fingerprint density at radius 1 is 1.33 bits per heavy atom. The zero-order valence-corrected chi connectivity index (χ0v) is 11.5. The average Bonchev–Trinajstić information content (AvgIpc) is 2.74. The molecule has 0 radical (unpaired) electrons. The van der Waals surface area contributed by atoms with Crippen molar-refractivity contribution in [1.29, 1.82) is 0 Å². The number of nitrogens with zero attached hydrogens (tertiary/aromatic N) is 2. The third-order valence-electron chi connectivity index (χ3n) is 4.06. The van der Waals surface area contributed by atoms with Crippen LogP contribution >= 0.6 is 0 Å². The monoisotopic (exact) mass is 288 g/mol. The maximum Gasteiger partial charge on any atom is 0.322 e. The summed E-state index contributed by atoms with van der Waals surface area (Å²) in [6.07, 6.45) is 4.54. The third kappa shape index (κ3) is 2.58. The van der Waals surface area contributed by atoms with Gasteiger partial charge in [-0.1, -0.05) is 6.07 Å². The summed E-state index contributed by atoms with van der Waals surface area (Å²) in [6.45, 7) is 0.930. The molecule has 2 aliphatic heterocycles. The second-order valence-corrected chi connectivity index (χ2v) is 5.41. The van der Waals surface area contributed by atoms with E-state index in [-0.39, 0.29) is 11.8 Å². The molecule has 7 heteroatoms. The second-order valence-electron chi connectivity index (χ2n) is 5.41. The molecule has 2 fully saturated rings. The molecular weight excluding hydrogens is 272 g/mol.